The average molecular weight is 278 g/mol. The number of halogens is 1. The molecule has 102 valence electrons. The van der Waals surface area contributed by atoms with Crippen LogP contribution in [-0.4, -0.2) is 15.6 Å². The van der Waals surface area contributed by atoms with Crippen molar-refractivity contribution in [1.82, 2.24) is 9.55 Å². The highest BCUT2D eigenvalue weighted by Crippen LogP contribution is 2.36. The third-order valence-electron chi connectivity index (χ3n) is 4.03. The summed E-state index contributed by atoms with van der Waals surface area (Å²) >= 11 is 6.07. The summed E-state index contributed by atoms with van der Waals surface area (Å²) in [6.45, 7) is 4.40. The molecule has 2 atom stereocenters. The minimum absolute atomic E-state index is 0.328. The van der Waals surface area contributed by atoms with Crippen LogP contribution in [0.15, 0.2) is 18.2 Å². The summed E-state index contributed by atoms with van der Waals surface area (Å²) in [7, 11) is 0. The van der Waals surface area contributed by atoms with Gasteiger partial charge in [-0.05, 0) is 51.3 Å². The molecule has 1 aromatic heterocycles. The zero-order valence-electron chi connectivity index (χ0n) is 11.4. The van der Waals surface area contributed by atoms with Crippen molar-refractivity contribution in [3.8, 4) is 0 Å². The van der Waals surface area contributed by atoms with Gasteiger partial charge in [-0.1, -0.05) is 11.6 Å². The molecule has 0 amide bonds. The first-order valence-corrected chi connectivity index (χ1v) is 7.37. The molecular weight excluding hydrogens is 258 g/mol. The smallest absolute Gasteiger partial charge is 0.113 e. The summed E-state index contributed by atoms with van der Waals surface area (Å²) in [4.78, 5) is 4.83. The highest BCUT2D eigenvalue weighted by Gasteiger charge is 2.28. The monoisotopic (exact) mass is 277 g/mol. The Kier molecular flexibility index (Phi) is 3.27. The molecule has 3 rings (SSSR count). The number of hydrogen-bond acceptors (Lipinski definition) is 2. The Morgan fingerprint density at radius 2 is 2.16 bits per heavy atom. The molecule has 19 heavy (non-hydrogen) atoms. The van der Waals surface area contributed by atoms with E-state index in [-0.39, 0.29) is 0 Å². The fraction of sp³-hybridized carbons (Fsp3) is 0.533. The molecule has 1 heterocycles. The van der Waals surface area contributed by atoms with Gasteiger partial charge in [0, 0.05) is 23.0 Å². The predicted octanol–water partition coefficient (Wildman–Crippen LogP) is 3.87. The number of benzene rings is 1. The third-order valence-corrected chi connectivity index (χ3v) is 4.27. The Hall–Kier alpha value is -1.06. The molecule has 1 saturated carbocycles. The van der Waals surface area contributed by atoms with Crippen molar-refractivity contribution >= 4 is 22.6 Å². The fourth-order valence-electron chi connectivity index (χ4n) is 3.17. The van der Waals surface area contributed by atoms with E-state index in [4.69, 9.17) is 22.3 Å². The number of nitrogens with zero attached hydrogens (tertiary/aromatic N) is 2. The molecule has 0 saturated heterocycles. The molecule has 0 radical (unpaired) electrons. The second kappa shape index (κ2) is 4.80. The zero-order valence-corrected chi connectivity index (χ0v) is 12.2. The van der Waals surface area contributed by atoms with Crippen molar-refractivity contribution in [2.45, 2.75) is 51.1 Å². The number of aromatic nitrogens is 2. The van der Waals surface area contributed by atoms with Crippen molar-refractivity contribution in [1.29, 1.82) is 0 Å². The van der Waals surface area contributed by atoms with Gasteiger partial charge in [0.05, 0.1) is 11.0 Å². The number of fused-ring (bicyclic) bond motifs is 1. The van der Waals surface area contributed by atoms with E-state index in [0.29, 0.717) is 18.0 Å². The Bertz CT molecular complexity index is 603. The van der Waals surface area contributed by atoms with Gasteiger partial charge < -0.3 is 10.3 Å². The Morgan fingerprint density at radius 1 is 1.37 bits per heavy atom. The maximum Gasteiger partial charge on any atom is 0.113 e. The van der Waals surface area contributed by atoms with Crippen molar-refractivity contribution in [3.63, 3.8) is 0 Å². The number of hydrogen-bond donors (Lipinski definition) is 1. The van der Waals surface area contributed by atoms with E-state index in [1.165, 1.54) is 11.3 Å². The Labute approximate surface area is 118 Å². The lowest BCUT2D eigenvalue weighted by Gasteiger charge is -2.17. The second-order valence-electron chi connectivity index (χ2n) is 5.84. The topological polar surface area (TPSA) is 43.8 Å². The number of imidazole rings is 1. The standard InChI is InChI=1S/C15H20ClN3/c1-9(2)19-14-6-4-11(16)8-13(14)18-15(19)10-3-5-12(17)7-10/h4,6,8-10,12H,3,5,7,17H2,1-2H3/t10-,12+/m1/s1. The minimum Gasteiger partial charge on any atom is -0.328 e. The first-order valence-electron chi connectivity index (χ1n) is 6.99. The number of rotatable bonds is 2. The lowest BCUT2D eigenvalue weighted by atomic mass is 10.1. The normalized spacial score (nSPS) is 23.6. The zero-order chi connectivity index (χ0) is 13.6. The van der Waals surface area contributed by atoms with Crippen LogP contribution in [0, 0.1) is 0 Å². The molecule has 2 aromatic rings. The lowest BCUT2D eigenvalue weighted by Crippen LogP contribution is -2.16. The number of nitrogens with two attached hydrogens (primary N) is 1. The van der Waals surface area contributed by atoms with Gasteiger partial charge in [-0.25, -0.2) is 4.98 Å². The van der Waals surface area contributed by atoms with Gasteiger partial charge in [-0.2, -0.15) is 0 Å². The molecule has 4 heteroatoms. The van der Waals surface area contributed by atoms with Crippen LogP contribution in [-0.2, 0) is 0 Å². The van der Waals surface area contributed by atoms with Gasteiger partial charge in [0.2, 0.25) is 0 Å². The predicted molar refractivity (Wildman–Crippen MR) is 79.7 cm³/mol. The van der Waals surface area contributed by atoms with Crippen LogP contribution in [0.3, 0.4) is 0 Å². The van der Waals surface area contributed by atoms with E-state index in [0.717, 1.165) is 29.8 Å². The summed E-state index contributed by atoms with van der Waals surface area (Å²) in [6.07, 6.45) is 3.29. The van der Waals surface area contributed by atoms with Gasteiger partial charge >= 0.3 is 0 Å². The van der Waals surface area contributed by atoms with E-state index >= 15 is 0 Å². The summed E-state index contributed by atoms with van der Waals surface area (Å²) < 4.78 is 2.34. The quantitative estimate of drug-likeness (QED) is 0.906. The molecule has 3 nitrogen and oxygen atoms in total. The maximum absolute atomic E-state index is 6.07. The summed E-state index contributed by atoms with van der Waals surface area (Å²) in [5, 5.41) is 0.746. The summed E-state index contributed by atoms with van der Waals surface area (Å²) in [6, 6.07) is 6.69. The molecule has 1 fully saturated rings. The van der Waals surface area contributed by atoms with Crippen molar-refractivity contribution in [2.24, 2.45) is 5.73 Å². The Balaban J connectivity index is 2.14. The summed E-state index contributed by atoms with van der Waals surface area (Å²) in [5.74, 6) is 1.67. The van der Waals surface area contributed by atoms with Gasteiger partial charge in [-0.15, -0.1) is 0 Å². The van der Waals surface area contributed by atoms with Crippen LogP contribution in [0.4, 0.5) is 0 Å². The van der Waals surface area contributed by atoms with Crippen LogP contribution in [0.1, 0.15) is 50.9 Å². The van der Waals surface area contributed by atoms with Gasteiger partial charge in [0.15, 0.2) is 0 Å². The SMILES string of the molecule is CC(C)n1c([C@@H]2CC[C@H](N)C2)nc2cc(Cl)ccc21. The third kappa shape index (κ3) is 2.26. The molecule has 0 spiro atoms. The van der Waals surface area contributed by atoms with Crippen molar-refractivity contribution in [3.05, 3.63) is 29.0 Å². The van der Waals surface area contributed by atoms with E-state index < -0.39 is 0 Å². The van der Waals surface area contributed by atoms with Gasteiger partial charge in [0.25, 0.3) is 0 Å². The molecule has 1 aromatic carbocycles. The van der Waals surface area contributed by atoms with E-state index in [2.05, 4.69) is 24.5 Å². The van der Waals surface area contributed by atoms with E-state index in [9.17, 15) is 0 Å². The maximum atomic E-state index is 6.07. The van der Waals surface area contributed by atoms with Crippen molar-refractivity contribution in [2.75, 3.05) is 0 Å². The minimum atomic E-state index is 0.328. The van der Waals surface area contributed by atoms with Crippen LogP contribution in [0.5, 0.6) is 0 Å². The van der Waals surface area contributed by atoms with E-state index in [1.807, 2.05) is 12.1 Å². The first-order chi connectivity index (χ1) is 9.06. The molecule has 0 unspecified atom stereocenters. The molecular formula is C15H20ClN3. The first kappa shape index (κ1) is 12.9. The summed E-state index contributed by atoms with van der Waals surface area (Å²) in [5.41, 5.74) is 8.22. The second-order valence-corrected chi connectivity index (χ2v) is 6.27. The molecule has 2 N–H and O–H groups in total. The van der Waals surface area contributed by atoms with Crippen LogP contribution in [0.2, 0.25) is 5.02 Å². The van der Waals surface area contributed by atoms with Crippen LogP contribution >= 0.6 is 11.6 Å². The fourth-order valence-corrected chi connectivity index (χ4v) is 3.34. The highest BCUT2D eigenvalue weighted by molar-refractivity contribution is 6.31. The molecule has 0 bridgehead atoms. The molecule has 1 aliphatic carbocycles. The lowest BCUT2D eigenvalue weighted by molar-refractivity contribution is 0.536. The molecule has 0 aliphatic heterocycles. The van der Waals surface area contributed by atoms with Crippen LogP contribution < -0.4 is 5.73 Å². The molecule has 1 aliphatic rings. The Morgan fingerprint density at radius 3 is 2.79 bits per heavy atom. The van der Waals surface area contributed by atoms with Crippen LogP contribution in [0.25, 0.3) is 11.0 Å². The van der Waals surface area contributed by atoms with Crippen molar-refractivity contribution < 1.29 is 0 Å². The highest BCUT2D eigenvalue weighted by atomic mass is 35.5. The van der Waals surface area contributed by atoms with E-state index in [1.54, 1.807) is 0 Å². The average Bonchev–Trinajstić information content (AvgIpc) is 2.91. The largest absolute Gasteiger partial charge is 0.328 e. The van der Waals surface area contributed by atoms with Gasteiger partial charge in [-0.3, -0.25) is 0 Å². The van der Waals surface area contributed by atoms with Gasteiger partial charge in [0.1, 0.15) is 5.82 Å².